The first-order valence-electron chi connectivity index (χ1n) is 13.7. The standard InChI is InChI=1S/C31H37N5O4/c1-3-23-18-24(29(32)37)16-20(2)28(23)30(38)35-26(31(39)40)17-21-7-9-25(10-8-21)36-14-11-22(12-15-36)19-34-27-6-4-5-13-33-27/h4-10,13,16,18,22,26H,3,11-12,14-15,17,19H2,1-2H3,(H2,32,37)(H,33,34)(H,35,38)(H,39,40). The molecule has 5 N–H and O–H groups in total. The number of carbonyl (C=O) groups is 3. The summed E-state index contributed by atoms with van der Waals surface area (Å²) >= 11 is 0. The molecule has 1 aliphatic rings. The summed E-state index contributed by atoms with van der Waals surface area (Å²) in [6.07, 6.45) is 4.60. The number of amides is 2. The number of hydrogen-bond acceptors (Lipinski definition) is 6. The number of benzene rings is 2. The highest BCUT2D eigenvalue weighted by Gasteiger charge is 2.25. The van der Waals surface area contributed by atoms with Crippen LogP contribution in [0.3, 0.4) is 0 Å². The maximum atomic E-state index is 13.1. The van der Waals surface area contributed by atoms with Gasteiger partial charge in [-0.25, -0.2) is 9.78 Å². The van der Waals surface area contributed by atoms with Crippen LogP contribution in [0.15, 0.2) is 60.8 Å². The van der Waals surface area contributed by atoms with Crippen LogP contribution in [-0.2, 0) is 17.6 Å². The van der Waals surface area contributed by atoms with E-state index in [0.717, 1.165) is 49.5 Å². The molecule has 1 fully saturated rings. The number of hydrogen-bond donors (Lipinski definition) is 4. The van der Waals surface area contributed by atoms with Crippen molar-refractivity contribution in [3.05, 3.63) is 88.6 Å². The van der Waals surface area contributed by atoms with Gasteiger partial charge in [-0.15, -0.1) is 0 Å². The maximum absolute atomic E-state index is 13.1. The predicted molar refractivity (Wildman–Crippen MR) is 156 cm³/mol. The van der Waals surface area contributed by atoms with Gasteiger partial charge in [-0.3, -0.25) is 9.59 Å². The molecule has 2 heterocycles. The van der Waals surface area contributed by atoms with Crippen LogP contribution in [0, 0.1) is 12.8 Å². The third kappa shape index (κ3) is 7.16. The first kappa shape index (κ1) is 28.6. The number of primary amides is 1. The Morgan fingerprint density at radius 2 is 1.82 bits per heavy atom. The van der Waals surface area contributed by atoms with Crippen molar-refractivity contribution in [1.82, 2.24) is 10.3 Å². The third-order valence-corrected chi connectivity index (χ3v) is 7.51. The summed E-state index contributed by atoms with van der Waals surface area (Å²) in [6, 6.07) is 15.8. The first-order valence-corrected chi connectivity index (χ1v) is 13.7. The summed E-state index contributed by atoms with van der Waals surface area (Å²) in [7, 11) is 0. The van der Waals surface area contributed by atoms with E-state index in [1.165, 1.54) is 0 Å². The monoisotopic (exact) mass is 543 g/mol. The molecule has 9 heteroatoms. The third-order valence-electron chi connectivity index (χ3n) is 7.51. The van der Waals surface area contributed by atoms with Gasteiger partial charge in [-0.2, -0.15) is 0 Å². The summed E-state index contributed by atoms with van der Waals surface area (Å²) in [6.45, 7) is 6.40. The van der Waals surface area contributed by atoms with Crippen LogP contribution in [-0.4, -0.2) is 53.6 Å². The topological polar surface area (TPSA) is 138 Å². The van der Waals surface area contributed by atoms with E-state index in [1.54, 1.807) is 25.3 Å². The Morgan fingerprint density at radius 3 is 2.42 bits per heavy atom. The number of anilines is 2. The van der Waals surface area contributed by atoms with Crippen LogP contribution in [0.4, 0.5) is 11.5 Å². The minimum absolute atomic E-state index is 0.155. The molecule has 210 valence electrons. The fraction of sp³-hybridized carbons (Fsp3) is 0.355. The van der Waals surface area contributed by atoms with E-state index < -0.39 is 23.8 Å². The number of aliphatic carboxylic acids is 1. The summed E-state index contributed by atoms with van der Waals surface area (Å²) in [5.74, 6) is -0.670. The molecule has 1 saturated heterocycles. The molecule has 2 aromatic carbocycles. The fourth-order valence-corrected chi connectivity index (χ4v) is 5.23. The maximum Gasteiger partial charge on any atom is 0.326 e. The molecule has 0 saturated carbocycles. The summed E-state index contributed by atoms with van der Waals surface area (Å²) in [5.41, 5.74) is 9.27. The quantitative estimate of drug-likeness (QED) is 0.289. The lowest BCUT2D eigenvalue weighted by atomic mass is 9.95. The Balaban J connectivity index is 1.34. The number of aryl methyl sites for hydroxylation is 2. The lowest BCUT2D eigenvalue weighted by Crippen LogP contribution is -2.43. The molecule has 2 amide bonds. The van der Waals surface area contributed by atoms with Gasteiger partial charge in [0.1, 0.15) is 11.9 Å². The Labute approximate surface area is 234 Å². The Hall–Kier alpha value is -4.40. The van der Waals surface area contributed by atoms with E-state index in [-0.39, 0.29) is 6.42 Å². The number of carboxylic acids is 1. The molecule has 0 spiro atoms. The number of nitrogens with two attached hydrogens (primary N) is 1. The van der Waals surface area contributed by atoms with Crippen molar-refractivity contribution in [2.24, 2.45) is 11.7 Å². The summed E-state index contributed by atoms with van der Waals surface area (Å²) in [4.78, 5) is 43.5. The van der Waals surface area contributed by atoms with Crippen molar-refractivity contribution >= 4 is 29.3 Å². The number of nitrogens with zero attached hydrogens (tertiary/aromatic N) is 2. The Bertz CT molecular complexity index is 1340. The number of pyridine rings is 1. The van der Waals surface area contributed by atoms with Gasteiger partial charge in [0.25, 0.3) is 5.91 Å². The van der Waals surface area contributed by atoms with Crippen molar-refractivity contribution in [2.75, 3.05) is 29.9 Å². The molecule has 9 nitrogen and oxygen atoms in total. The molecular formula is C31H37N5O4. The molecule has 0 aliphatic carbocycles. The van der Waals surface area contributed by atoms with Gasteiger partial charge in [-0.05, 0) is 85.2 Å². The van der Waals surface area contributed by atoms with Crippen molar-refractivity contribution in [1.29, 1.82) is 0 Å². The number of rotatable bonds is 11. The normalized spacial score (nSPS) is 14.4. The first-order chi connectivity index (χ1) is 19.2. The fourth-order valence-electron chi connectivity index (χ4n) is 5.23. The average molecular weight is 544 g/mol. The van der Waals surface area contributed by atoms with Gasteiger partial charge in [0.2, 0.25) is 5.91 Å². The van der Waals surface area contributed by atoms with E-state index in [9.17, 15) is 19.5 Å². The minimum Gasteiger partial charge on any atom is -0.480 e. The zero-order chi connectivity index (χ0) is 28.6. The second-order valence-corrected chi connectivity index (χ2v) is 10.3. The highest BCUT2D eigenvalue weighted by Crippen LogP contribution is 2.25. The van der Waals surface area contributed by atoms with Gasteiger partial charge in [0.15, 0.2) is 0 Å². The van der Waals surface area contributed by atoms with Crippen LogP contribution in [0.1, 0.15) is 57.2 Å². The number of piperidine rings is 1. The number of carbonyl (C=O) groups excluding carboxylic acids is 2. The minimum atomic E-state index is -1.11. The molecule has 1 unspecified atom stereocenters. The number of nitrogens with one attached hydrogen (secondary N) is 2. The van der Waals surface area contributed by atoms with Crippen LogP contribution < -0.4 is 21.3 Å². The zero-order valence-electron chi connectivity index (χ0n) is 23.0. The summed E-state index contributed by atoms with van der Waals surface area (Å²) in [5, 5.41) is 15.9. The van der Waals surface area contributed by atoms with E-state index in [2.05, 4.69) is 20.5 Å². The van der Waals surface area contributed by atoms with Crippen molar-refractivity contribution < 1.29 is 19.5 Å². The largest absolute Gasteiger partial charge is 0.480 e. The number of aromatic nitrogens is 1. The Morgan fingerprint density at radius 1 is 1.10 bits per heavy atom. The highest BCUT2D eigenvalue weighted by atomic mass is 16.4. The molecule has 3 aromatic rings. The molecule has 1 atom stereocenters. The smallest absolute Gasteiger partial charge is 0.326 e. The molecule has 1 aliphatic heterocycles. The van der Waals surface area contributed by atoms with Crippen LogP contribution in [0.5, 0.6) is 0 Å². The molecule has 1 aromatic heterocycles. The highest BCUT2D eigenvalue weighted by molar-refractivity contribution is 6.01. The SMILES string of the molecule is CCc1cc(C(N)=O)cc(C)c1C(=O)NC(Cc1ccc(N2CCC(CNc3ccccn3)CC2)cc1)C(=O)O. The van der Waals surface area contributed by atoms with Gasteiger partial charge >= 0.3 is 5.97 Å². The van der Waals surface area contributed by atoms with E-state index in [1.807, 2.05) is 49.4 Å². The van der Waals surface area contributed by atoms with Gasteiger partial charge in [0, 0.05) is 49.1 Å². The average Bonchev–Trinajstić information content (AvgIpc) is 2.96. The number of carboxylic acid groups (broad SMARTS) is 1. The molecule has 40 heavy (non-hydrogen) atoms. The van der Waals surface area contributed by atoms with Crippen LogP contribution >= 0.6 is 0 Å². The summed E-state index contributed by atoms with van der Waals surface area (Å²) < 4.78 is 0. The zero-order valence-corrected chi connectivity index (χ0v) is 23.0. The molecule has 0 bridgehead atoms. The second-order valence-electron chi connectivity index (χ2n) is 10.3. The molecule has 4 rings (SSSR count). The van der Waals surface area contributed by atoms with Gasteiger partial charge in [-0.1, -0.05) is 25.1 Å². The van der Waals surface area contributed by atoms with E-state index in [4.69, 9.17) is 5.73 Å². The van der Waals surface area contributed by atoms with Crippen LogP contribution in [0.2, 0.25) is 0 Å². The van der Waals surface area contributed by atoms with Gasteiger partial charge in [0.05, 0.1) is 0 Å². The van der Waals surface area contributed by atoms with Crippen LogP contribution in [0.25, 0.3) is 0 Å². The van der Waals surface area contributed by atoms with Gasteiger partial charge < -0.3 is 26.4 Å². The molecule has 0 radical (unpaired) electrons. The lowest BCUT2D eigenvalue weighted by molar-refractivity contribution is -0.139. The van der Waals surface area contributed by atoms with E-state index >= 15 is 0 Å². The Kier molecular flexibility index (Phi) is 9.37. The predicted octanol–water partition coefficient (Wildman–Crippen LogP) is 3.81. The van der Waals surface area contributed by atoms with Crippen molar-refractivity contribution in [3.63, 3.8) is 0 Å². The van der Waals surface area contributed by atoms with E-state index in [0.29, 0.717) is 34.6 Å². The van der Waals surface area contributed by atoms with Crippen molar-refractivity contribution in [2.45, 2.75) is 45.6 Å². The van der Waals surface area contributed by atoms with Crippen molar-refractivity contribution in [3.8, 4) is 0 Å². The second kappa shape index (κ2) is 13.1. The lowest BCUT2D eigenvalue weighted by Gasteiger charge is -2.34. The molecular weight excluding hydrogens is 506 g/mol.